The lowest BCUT2D eigenvalue weighted by atomic mass is 9.94. The smallest absolute Gasteiger partial charge is 0.244 e. The fourth-order valence-corrected chi connectivity index (χ4v) is 6.51. The number of halogens is 1. The summed E-state index contributed by atoms with van der Waals surface area (Å²) >= 11 is 2.16. The highest BCUT2D eigenvalue weighted by Gasteiger charge is 2.50. The molecule has 2 bridgehead atoms. The van der Waals surface area contributed by atoms with Gasteiger partial charge in [-0.05, 0) is 11.6 Å². The minimum atomic E-state index is -3.50. The largest absolute Gasteiger partial charge is 0.493 e. The van der Waals surface area contributed by atoms with Crippen molar-refractivity contribution in [2.24, 2.45) is 0 Å². The van der Waals surface area contributed by atoms with Crippen LogP contribution >= 0.6 is 22.6 Å². The highest BCUT2D eigenvalue weighted by Crippen LogP contribution is 2.51. The van der Waals surface area contributed by atoms with Crippen LogP contribution in [-0.2, 0) is 10.0 Å². The Kier molecular flexibility index (Phi) is 3.26. The molecule has 1 aromatic rings. The Labute approximate surface area is 131 Å². The number of nitrogens with zero attached hydrogens (tertiary/aromatic N) is 1. The van der Waals surface area contributed by atoms with E-state index in [2.05, 4.69) is 29.2 Å². The fraction of sp³-hybridized carbons (Fsp3) is 0.385. The fourth-order valence-electron chi connectivity index (χ4n) is 2.80. The molecule has 1 unspecified atom stereocenters. The Hall–Kier alpha value is -0.800. The van der Waals surface area contributed by atoms with Gasteiger partial charge in [-0.25, -0.2) is 8.42 Å². The molecule has 0 N–H and O–H groups in total. The van der Waals surface area contributed by atoms with Crippen LogP contribution in [-0.4, -0.2) is 37.5 Å². The van der Waals surface area contributed by atoms with Gasteiger partial charge in [0, 0.05) is 18.5 Å². The van der Waals surface area contributed by atoms with E-state index in [1.807, 2.05) is 0 Å². The zero-order valence-corrected chi connectivity index (χ0v) is 14.1. The Bertz CT molecular complexity index is 701. The van der Waals surface area contributed by atoms with Crippen LogP contribution in [0.4, 0.5) is 0 Å². The van der Waals surface area contributed by atoms with Crippen LogP contribution < -0.4 is 9.47 Å². The molecule has 0 radical (unpaired) electrons. The summed E-state index contributed by atoms with van der Waals surface area (Å²) in [5, 5.41) is 0. The maximum Gasteiger partial charge on any atom is 0.244 e. The van der Waals surface area contributed by atoms with Crippen molar-refractivity contribution in [1.82, 2.24) is 4.31 Å². The van der Waals surface area contributed by atoms with Gasteiger partial charge in [0.25, 0.3) is 0 Å². The number of methoxy groups -OCH3 is 2. The zero-order valence-electron chi connectivity index (χ0n) is 11.1. The van der Waals surface area contributed by atoms with Crippen LogP contribution in [0.5, 0.6) is 11.5 Å². The highest BCUT2D eigenvalue weighted by atomic mass is 127. The van der Waals surface area contributed by atoms with Gasteiger partial charge in [0.2, 0.25) is 10.0 Å². The van der Waals surface area contributed by atoms with E-state index in [-0.39, 0.29) is 9.97 Å². The molecular formula is C13H14INO4S. The van der Waals surface area contributed by atoms with E-state index in [4.69, 9.17) is 9.47 Å². The molecule has 0 amide bonds. The lowest BCUT2D eigenvalue weighted by Gasteiger charge is -2.30. The first-order valence-corrected chi connectivity index (χ1v) is 8.70. The summed E-state index contributed by atoms with van der Waals surface area (Å²) in [5.74, 6) is 0.972. The summed E-state index contributed by atoms with van der Waals surface area (Å²) in [7, 11) is -0.466. The molecule has 3 rings (SSSR count). The van der Waals surface area contributed by atoms with Crippen molar-refractivity contribution < 1.29 is 17.9 Å². The van der Waals surface area contributed by atoms with E-state index in [1.165, 1.54) is 11.4 Å². The zero-order chi connectivity index (χ0) is 14.7. The number of fused-ring (bicyclic) bond motifs is 4. The molecule has 20 heavy (non-hydrogen) atoms. The number of alkyl halides is 1. The first kappa shape index (κ1) is 14.2. The van der Waals surface area contributed by atoms with Crippen molar-refractivity contribution in [3.63, 3.8) is 0 Å². The maximum absolute atomic E-state index is 12.7. The van der Waals surface area contributed by atoms with Gasteiger partial charge in [0.15, 0.2) is 11.5 Å². The standard InChI is InChI=1S/C13H14INO4S/c1-7-6-15-13(14)12(7)8-4-9(18-2)10(19-3)5-11(8)20(15,16)17/h4-5,12-13H,1,6H2,2-3H3/t12-,13+/m0/s1. The third-order valence-electron chi connectivity index (χ3n) is 3.79. The summed E-state index contributed by atoms with van der Waals surface area (Å²) < 4.78 is 37.2. The second-order valence-corrected chi connectivity index (χ2v) is 7.94. The Morgan fingerprint density at radius 1 is 1.30 bits per heavy atom. The Balaban J connectivity index is 2.33. The molecule has 7 heteroatoms. The van der Waals surface area contributed by atoms with Gasteiger partial charge in [-0.2, -0.15) is 4.31 Å². The van der Waals surface area contributed by atoms with Gasteiger partial charge in [-0.3, -0.25) is 0 Å². The van der Waals surface area contributed by atoms with Gasteiger partial charge in [0.05, 0.1) is 23.2 Å². The van der Waals surface area contributed by atoms with Crippen LogP contribution in [0.2, 0.25) is 0 Å². The van der Waals surface area contributed by atoms with Crippen molar-refractivity contribution in [2.45, 2.75) is 14.9 Å². The molecule has 1 fully saturated rings. The molecule has 3 atom stereocenters. The first-order chi connectivity index (χ1) is 9.41. The van der Waals surface area contributed by atoms with Gasteiger partial charge < -0.3 is 9.47 Å². The number of hydrogen-bond donors (Lipinski definition) is 0. The molecule has 2 aliphatic rings. The van der Waals surface area contributed by atoms with E-state index < -0.39 is 10.0 Å². The average molecular weight is 407 g/mol. The van der Waals surface area contributed by atoms with E-state index in [1.54, 1.807) is 19.2 Å². The highest BCUT2D eigenvalue weighted by molar-refractivity contribution is 14.1. The van der Waals surface area contributed by atoms with E-state index in [9.17, 15) is 8.42 Å². The lowest BCUT2D eigenvalue weighted by molar-refractivity contribution is 0.351. The van der Waals surface area contributed by atoms with Crippen LogP contribution in [0.1, 0.15) is 11.5 Å². The topological polar surface area (TPSA) is 55.8 Å². The summed E-state index contributed by atoms with van der Waals surface area (Å²) in [5.41, 5.74) is 1.67. The quantitative estimate of drug-likeness (QED) is 0.326. The van der Waals surface area contributed by atoms with E-state index >= 15 is 0 Å². The molecule has 1 saturated heterocycles. The molecule has 108 valence electrons. The van der Waals surface area contributed by atoms with E-state index in [0.29, 0.717) is 22.9 Å². The predicted molar refractivity (Wildman–Crippen MR) is 83.1 cm³/mol. The molecule has 2 heterocycles. The number of rotatable bonds is 2. The Morgan fingerprint density at radius 2 is 1.90 bits per heavy atom. The number of hydrogen-bond acceptors (Lipinski definition) is 4. The van der Waals surface area contributed by atoms with Gasteiger partial charge in [-0.15, -0.1) is 0 Å². The molecule has 5 nitrogen and oxygen atoms in total. The minimum absolute atomic E-state index is 0.00827. The normalized spacial score (nSPS) is 29.9. The molecule has 0 spiro atoms. The molecule has 1 aromatic carbocycles. The molecule has 0 aromatic heterocycles. The SMILES string of the molecule is C=C1CN2[C@@H](I)[C@@H]1c1cc(OC)c(OC)cc1S2(=O)=O. The van der Waals surface area contributed by atoms with Crippen molar-refractivity contribution in [1.29, 1.82) is 0 Å². The van der Waals surface area contributed by atoms with E-state index in [0.717, 1.165) is 11.1 Å². The summed E-state index contributed by atoms with van der Waals surface area (Å²) in [4.78, 5) is 0.298. The van der Waals surface area contributed by atoms with Gasteiger partial charge in [0.1, 0.15) is 0 Å². The van der Waals surface area contributed by atoms with Crippen LogP contribution in [0.15, 0.2) is 29.2 Å². The number of sulfonamides is 1. The third kappa shape index (κ3) is 1.72. The second kappa shape index (κ2) is 4.60. The van der Waals surface area contributed by atoms with Crippen LogP contribution in [0.25, 0.3) is 0 Å². The van der Waals surface area contributed by atoms with Crippen molar-refractivity contribution in [3.05, 3.63) is 29.8 Å². The molecule has 2 aliphatic heterocycles. The predicted octanol–water partition coefficient (Wildman–Crippen LogP) is 2.12. The maximum atomic E-state index is 12.7. The summed E-state index contributed by atoms with van der Waals surface area (Å²) in [6.45, 7) is 4.40. The van der Waals surface area contributed by atoms with Crippen molar-refractivity contribution in [3.8, 4) is 11.5 Å². The van der Waals surface area contributed by atoms with Crippen molar-refractivity contribution >= 4 is 32.6 Å². The summed E-state index contributed by atoms with van der Waals surface area (Å²) in [6, 6.07) is 3.31. The van der Waals surface area contributed by atoms with Crippen molar-refractivity contribution in [2.75, 3.05) is 20.8 Å². The monoisotopic (exact) mass is 407 g/mol. The number of ether oxygens (including phenoxy) is 2. The Morgan fingerprint density at radius 3 is 2.50 bits per heavy atom. The van der Waals surface area contributed by atoms with Crippen LogP contribution in [0, 0.1) is 0 Å². The first-order valence-electron chi connectivity index (χ1n) is 6.01. The molecule has 0 aliphatic carbocycles. The summed E-state index contributed by atoms with van der Waals surface area (Å²) in [6.07, 6.45) is 0. The number of benzene rings is 1. The second-order valence-electron chi connectivity index (χ2n) is 4.80. The third-order valence-corrected chi connectivity index (χ3v) is 7.44. The van der Waals surface area contributed by atoms with Gasteiger partial charge in [-0.1, -0.05) is 34.7 Å². The molecule has 0 saturated carbocycles. The van der Waals surface area contributed by atoms with Gasteiger partial charge >= 0.3 is 0 Å². The van der Waals surface area contributed by atoms with Crippen LogP contribution in [0.3, 0.4) is 0 Å². The minimum Gasteiger partial charge on any atom is -0.493 e. The molecular weight excluding hydrogens is 393 g/mol. The average Bonchev–Trinajstić information content (AvgIpc) is 2.68. The lowest BCUT2D eigenvalue weighted by Crippen LogP contribution is -2.37.